The average Bonchev–Trinajstić information content (AvgIpc) is 3.48. The topological polar surface area (TPSA) is 119 Å². The number of rotatable bonds is 9. The van der Waals surface area contributed by atoms with Gasteiger partial charge in [-0.15, -0.1) is 5.10 Å². The number of hydrogen-bond donors (Lipinski definition) is 1. The first-order valence-electron chi connectivity index (χ1n) is 12.8. The summed E-state index contributed by atoms with van der Waals surface area (Å²) in [4.78, 5) is 27.5. The summed E-state index contributed by atoms with van der Waals surface area (Å²) in [5.41, 5.74) is 5.27. The molecule has 0 spiro atoms. The van der Waals surface area contributed by atoms with Crippen molar-refractivity contribution < 1.29 is 14.6 Å². The molecule has 2 aliphatic rings. The molecule has 3 aromatic rings. The van der Waals surface area contributed by atoms with Crippen molar-refractivity contribution in [2.75, 3.05) is 18.0 Å². The van der Waals surface area contributed by atoms with Gasteiger partial charge in [0.2, 0.25) is 0 Å². The zero-order valence-corrected chi connectivity index (χ0v) is 21.1. The molecular weight excluding hydrogens is 458 g/mol. The lowest BCUT2D eigenvalue weighted by Gasteiger charge is -2.24. The fraction of sp³-hybridized carbons (Fsp3) is 0.538. The van der Waals surface area contributed by atoms with E-state index in [1.807, 2.05) is 19.2 Å². The summed E-state index contributed by atoms with van der Waals surface area (Å²) in [5.74, 6) is -0.435. The number of nitrogens with zero attached hydrogens (tertiary/aromatic N) is 7. The van der Waals surface area contributed by atoms with E-state index in [9.17, 15) is 9.90 Å². The van der Waals surface area contributed by atoms with Gasteiger partial charge in [0.15, 0.2) is 0 Å². The van der Waals surface area contributed by atoms with Crippen LogP contribution in [0.1, 0.15) is 62.5 Å². The molecule has 190 valence electrons. The molecule has 1 saturated carbocycles. The molecule has 0 unspecified atom stereocenters. The van der Waals surface area contributed by atoms with Crippen molar-refractivity contribution in [1.29, 1.82) is 0 Å². The van der Waals surface area contributed by atoms with Crippen LogP contribution in [0.5, 0.6) is 6.01 Å². The number of carboxylic acids is 1. The lowest BCUT2D eigenvalue weighted by atomic mass is 9.83. The highest BCUT2D eigenvalue weighted by atomic mass is 16.5. The third-order valence-corrected chi connectivity index (χ3v) is 7.65. The molecule has 2 fully saturated rings. The molecule has 10 nitrogen and oxygen atoms in total. The Hall–Kier alpha value is -3.56. The van der Waals surface area contributed by atoms with E-state index in [1.165, 1.54) is 19.3 Å². The summed E-state index contributed by atoms with van der Waals surface area (Å²) >= 11 is 0. The van der Waals surface area contributed by atoms with Gasteiger partial charge in [0, 0.05) is 32.3 Å². The van der Waals surface area contributed by atoms with E-state index in [1.54, 1.807) is 17.8 Å². The Morgan fingerprint density at radius 3 is 2.78 bits per heavy atom. The molecule has 1 aliphatic heterocycles. The fourth-order valence-electron chi connectivity index (χ4n) is 5.02. The van der Waals surface area contributed by atoms with Crippen molar-refractivity contribution in [3.05, 3.63) is 41.5 Å². The third kappa shape index (κ3) is 4.76. The number of pyridine rings is 1. The molecule has 0 radical (unpaired) electrons. The molecule has 2 atom stereocenters. The second-order valence-electron chi connectivity index (χ2n) is 9.83. The van der Waals surface area contributed by atoms with Gasteiger partial charge in [0.25, 0.3) is 0 Å². The second-order valence-corrected chi connectivity index (χ2v) is 9.83. The molecule has 3 aromatic heterocycles. The lowest BCUT2D eigenvalue weighted by molar-refractivity contribution is -0.142. The Balaban J connectivity index is 1.33. The maximum absolute atomic E-state index is 11.4. The van der Waals surface area contributed by atoms with E-state index < -0.39 is 5.97 Å². The van der Waals surface area contributed by atoms with Crippen molar-refractivity contribution in [3.63, 3.8) is 0 Å². The Bertz CT molecular complexity index is 1240. The zero-order chi connectivity index (χ0) is 25.2. The van der Waals surface area contributed by atoms with Crippen LogP contribution in [0.4, 0.5) is 5.69 Å². The van der Waals surface area contributed by atoms with Crippen molar-refractivity contribution >= 4 is 11.7 Å². The predicted octanol–water partition coefficient (Wildman–Crippen LogP) is 3.62. The van der Waals surface area contributed by atoms with E-state index in [0.717, 1.165) is 54.4 Å². The molecule has 0 aromatic carbocycles. The van der Waals surface area contributed by atoms with Crippen molar-refractivity contribution in [1.82, 2.24) is 29.9 Å². The molecule has 0 amide bonds. The maximum Gasteiger partial charge on any atom is 0.316 e. The van der Waals surface area contributed by atoms with Gasteiger partial charge in [-0.25, -0.2) is 14.6 Å². The fourth-order valence-corrected chi connectivity index (χ4v) is 5.02. The highest BCUT2D eigenvalue weighted by molar-refractivity contribution is 5.70. The van der Waals surface area contributed by atoms with Crippen LogP contribution >= 0.6 is 0 Å². The Morgan fingerprint density at radius 1 is 1.22 bits per heavy atom. The number of ether oxygens (including phenoxy) is 1. The predicted molar refractivity (Wildman–Crippen MR) is 134 cm³/mol. The third-order valence-electron chi connectivity index (χ3n) is 7.65. The first-order chi connectivity index (χ1) is 17.4. The van der Waals surface area contributed by atoms with Crippen LogP contribution in [-0.4, -0.2) is 54.1 Å². The van der Waals surface area contributed by atoms with Crippen LogP contribution in [0.25, 0.3) is 11.4 Å². The van der Waals surface area contributed by atoms with E-state index in [0.29, 0.717) is 17.6 Å². The van der Waals surface area contributed by atoms with Gasteiger partial charge < -0.3 is 14.7 Å². The largest absolute Gasteiger partial charge is 0.481 e. The molecule has 36 heavy (non-hydrogen) atoms. The van der Waals surface area contributed by atoms with E-state index in [4.69, 9.17) is 9.72 Å². The first-order valence-corrected chi connectivity index (χ1v) is 12.8. The number of hydrogen-bond acceptors (Lipinski definition) is 8. The first kappa shape index (κ1) is 24.1. The van der Waals surface area contributed by atoms with Crippen molar-refractivity contribution in [2.45, 2.75) is 58.5 Å². The SMILES string of the molecule is CCc1nc(-c2nnn(C)c2COc2nccc(C3CCC3)n2)ccc1N1CC[C@@H]([C@H](C)C(=O)O)C1. The van der Waals surface area contributed by atoms with Gasteiger partial charge in [-0.1, -0.05) is 25.5 Å². The highest BCUT2D eigenvalue weighted by Gasteiger charge is 2.32. The molecule has 1 saturated heterocycles. The van der Waals surface area contributed by atoms with E-state index >= 15 is 0 Å². The summed E-state index contributed by atoms with van der Waals surface area (Å²) in [6.07, 6.45) is 6.97. The summed E-state index contributed by atoms with van der Waals surface area (Å²) in [7, 11) is 1.84. The van der Waals surface area contributed by atoms with Gasteiger partial charge in [-0.05, 0) is 49.8 Å². The minimum Gasteiger partial charge on any atom is -0.481 e. The molecule has 1 aliphatic carbocycles. The summed E-state index contributed by atoms with van der Waals surface area (Å²) in [6, 6.07) is 6.36. The van der Waals surface area contributed by atoms with Gasteiger partial charge in [0.1, 0.15) is 18.0 Å². The minimum atomic E-state index is -0.733. The van der Waals surface area contributed by atoms with E-state index in [-0.39, 0.29) is 18.4 Å². The van der Waals surface area contributed by atoms with Gasteiger partial charge >= 0.3 is 12.0 Å². The normalized spacial score (nSPS) is 18.8. The Kier molecular flexibility index (Phi) is 6.84. The van der Waals surface area contributed by atoms with Crippen molar-refractivity contribution in [3.8, 4) is 17.4 Å². The van der Waals surface area contributed by atoms with Crippen LogP contribution in [0.15, 0.2) is 24.4 Å². The van der Waals surface area contributed by atoms with Crippen LogP contribution in [0.2, 0.25) is 0 Å². The summed E-state index contributed by atoms with van der Waals surface area (Å²) in [5, 5.41) is 18.0. The van der Waals surface area contributed by atoms with Gasteiger partial charge in [0.05, 0.1) is 28.7 Å². The van der Waals surface area contributed by atoms with E-state index in [2.05, 4.69) is 38.2 Å². The van der Waals surface area contributed by atoms with Crippen molar-refractivity contribution in [2.24, 2.45) is 18.9 Å². The minimum absolute atomic E-state index is 0.139. The number of aliphatic carboxylic acids is 1. The lowest BCUT2D eigenvalue weighted by Crippen LogP contribution is -2.26. The number of aryl methyl sites for hydroxylation is 2. The molecule has 1 N–H and O–H groups in total. The molecular formula is C26H33N7O3. The maximum atomic E-state index is 11.4. The molecule has 0 bridgehead atoms. The summed E-state index contributed by atoms with van der Waals surface area (Å²) in [6.45, 7) is 5.67. The number of carboxylic acid groups (broad SMARTS) is 1. The highest BCUT2D eigenvalue weighted by Crippen LogP contribution is 2.36. The van der Waals surface area contributed by atoms with Crippen LogP contribution in [-0.2, 0) is 24.9 Å². The quantitative estimate of drug-likeness (QED) is 0.478. The van der Waals surface area contributed by atoms with Gasteiger partial charge in [-0.2, -0.15) is 4.98 Å². The smallest absolute Gasteiger partial charge is 0.316 e. The second kappa shape index (κ2) is 10.2. The van der Waals surface area contributed by atoms with Crippen LogP contribution in [0, 0.1) is 11.8 Å². The number of anilines is 1. The average molecular weight is 492 g/mol. The Morgan fingerprint density at radius 2 is 2.06 bits per heavy atom. The standard InChI is InChI=1S/C26H33N7O3/c1-4-19-22(33-13-11-18(14-33)16(2)25(34)35)9-8-21(28-19)24-23(32(3)31-30-24)15-36-26-27-12-10-20(29-26)17-6-5-7-17/h8-10,12,16-18H,4-7,11,13-15H2,1-3H3,(H,34,35)/t16-,18+/m0/s1. The summed E-state index contributed by atoms with van der Waals surface area (Å²) < 4.78 is 7.66. The van der Waals surface area contributed by atoms with Crippen LogP contribution in [0.3, 0.4) is 0 Å². The molecule has 5 rings (SSSR count). The zero-order valence-electron chi connectivity index (χ0n) is 21.1. The number of carbonyl (C=O) groups is 1. The van der Waals surface area contributed by atoms with Crippen LogP contribution < -0.4 is 9.64 Å². The monoisotopic (exact) mass is 491 g/mol. The molecule has 4 heterocycles. The Labute approximate surface area is 210 Å². The van der Waals surface area contributed by atoms with Gasteiger partial charge in [-0.3, -0.25) is 4.79 Å². The molecule has 10 heteroatoms. The number of aromatic nitrogens is 6.